The van der Waals surface area contributed by atoms with Gasteiger partial charge in [0.1, 0.15) is 17.2 Å². The number of carbonyl (C=O) groups excluding carboxylic acids is 1. The molecule has 2 aromatic carbocycles. The molecule has 1 amide bonds. The van der Waals surface area contributed by atoms with Crippen molar-refractivity contribution < 1.29 is 14.3 Å². The van der Waals surface area contributed by atoms with E-state index in [0.717, 1.165) is 40.8 Å². The Kier molecular flexibility index (Phi) is 8.27. The highest BCUT2D eigenvalue weighted by atomic mass is 32.1. The molecule has 0 fully saturated rings. The van der Waals surface area contributed by atoms with Crippen molar-refractivity contribution in [2.45, 2.75) is 39.0 Å². The van der Waals surface area contributed by atoms with E-state index in [9.17, 15) is 4.79 Å². The van der Waals surface area contributed by atoms with Crippen LogP contribution in [-0.4, -0.2) is 24.6 Å². The van der Waals surface area contributed by atoms with E-state index in [0.29, 0.717) is 12.1 Å². The highest BCUT2D eigenvalue weighted by Gasteiger charge is 2.12. The number of unbranched alkanes of at least 4 members (excludes halogenated alkanes) is 3. The maximum absolute atomic E-state index is 12.5. The Morgan fingerprint density at radius 2 is 1.73 bits per heavy atom. The first-order chi connectivity index (χ1) is 14.7. The SMILES string of the molecule is CCCCCCOc1ccc(NC(=O)c2csc(Cc3ccc(OC)cc3)n2)cc1. The second-order valence-corrected chi connectivity index (χ2v) is 7.98. The van der Waals surface area contributed by atoms with Crippen LogP contribution in [0.3, 0.4) is 0 Å². The van der Waals surface area contributed by atoms with E-state index in [1.54, 1.807) is 12.5 Å². The lowest BCUT2D eigenvalue weighted by Gasteiger charge is -2.07. The molecule has 3 rings (SSSR count). The molecule has 158 valence electrons. The number of aromatic nitrogens is 1. The van der Waals surface area contributed by atoms with E-state index in [1.807, 2.05) is 48.5 Å². The van der Waals surface area contributed by atoms with Crippen LogP contribution in [0, 0.1) is 0 Å². The molecule has 0 atom stereocenters. The average Bonchev–Trinajstić information content (AvgIpc) is 3.24. The number of hydrogen-bond donors (Lipinski definition) is 1. The molecule has 1 heterocycles. The van der Waals surface area contributed by atoms with Gasteiger partial charge in [-0.2, -0.15) is 0 Å². The molecule has 0 saturated heterocycles. The van der Waals surface area contributed by atoms with Crippen LogP contribution in [0.4, 0.5) is 5.69 Å². The van der Waals surface area contributed by atoms with Crippen LogP contribution in [0.25, 0.3) is 0 Å². The second kappa shape index (κ2) is 11.4. The topological polar surface area (TPSA) is 60.5 Å². The first kappa shape index (κ1) is 21.8. The molecule has 0 aliphatic carbocycles. The minimum Gasteiger partial charge on any atom is -0.497 e. The predicted octanol–water partition coefficient (Wildman–Crippen LogP) is 5.95. The molecule has 0 spiro atoms. The second-order valence-electron chi connectivity index (χ2n) is 7.04. The maximum atomic E-state index is 12.5. The van der Waals surface area contributed by atoms with Crippen LogP contribution in [-0.2, 0) is 6.42 Å². The number of methoxy groups -OCH3 is 1. The maximum Gasteiger partial charge on any atom is 0.275 e. The van der Waals surface area contributed by atoms with Gasteiger partial charge in [0.25, 0.3) is 5.91 Å². The van der Waals surface area contributed by atoms with E-state index in [1.165, 1.54) is 30.6 Å². The molecule has 30 heavy (non-hydrogen) atoms. The lowest BCUT2D eigenvalue weighted by atomic mass is 10.1. The van der Waals surface area contributed by atoms with Gasteiger partial charge in [0.2, 0.25) is 0 Å². The molecule has 5 nitrogen and oxygen atoms in total. The zero-order valence-corrected chi connectivity index (χ0v) is 18.3. The van der Waals surface area contributed by atoms with E-state index >= 15 is 0 Å². The van der Waals surface area contributed by atoms with Gasteiger partial charge in [-0.1, -0.05) is 38.3 Å². The summed E-state index contributed by atoms with van der Waals surface area (Å²) in [6.45, 7) is 2.92. The summed E-state index contributed by atoms with van der Waals surface area (Å²) in [5, 5.41) is 5.59. The smallest absolute Gasteiger partial charge is 0.275 e. The lowest BCUT2D eigenvalue weighted by Crippen LogP contribution is -2.12. The van der Waals surface area contributed by atoms with Crippen molar-refractivity contribution in [1.82, 2.24) is 4.98 Å². The van der Waals surface area contributed by atoms with E-state index in [-0.39, 0.29) is 5.91 Å². The Morgan fingerprint density at radius 1 is 1.00 bits per heavy atom. The third-order valence-corrected chi connectivity index (χ3v) is 5.53. The lowest BCUT2D eigenvalue weighted by molar-refractivity contribution is 0.102. The number of thiazole rings is 1. The summed E-state index contributed by atoms with van der Waals surface area (Å²) < 4.78 is 10.9. The molecule has 1 N–H and O–H groups in total. The van der Waals surface area contributed by atoms with E-state index in [4.69, 9.17) is 9.47 Å². The highest BCUT2D eigenvalue weighted by molar-refractivity contribution is 7.09. The molecule has 0 unspecified atom stereocenters. The molecular formula is C24H28N2O3S. The van der Waals surface area contributed by atoms with Gasteiger partial charge in [0, 0.05) is 17.5 Å². The number of carbonyl (C=O) groups is 1. The number of hydrogen-bond acceptors (Lipinski definition) is 5. The molecule has 1 aromatic heterocycles. The zero-order valence-electron chi connectivity index (χ0n) is 17.5. The third kappa shape index (κ3) is 6.59. The molecular weight excluding hydrogens is 396 g/mol. The summed E-state index contributed by atoms with van der Waals surface area (Å²) in [7, 11) is 1.65. The number of nitrogens with one attached hydrogen (secondary N) is 1. The van der Waals surface area contributed by atoms with Crippen molar-refractivity contribution in [2.24, 2.45) is 0 Å². The summed E-state index contributed by atoms with van der Waals surface area (Å²) in [5.41, 5.74) is 2.28. The van der Waals surface area contributed by atoms with Crippen LogP contribution in [0.2, 0.25) is 0 Å². The van der Waals surface area contributed by atoms with Crippen molar-refractivity contribution in [1.29, 1.82) is 0 Å². The minimum absolute atomic E-state index is 0.208. The van der Waals surface area contributed by atoms with E-state index < -0.39 is 0 Å². The van der Waals surface area contributed by atoms with Crippen molar-refractivity contribution in [3.8, 4) is 11.5 Å². The summed E-state index contributed by atoms with van der Waals surface area (Å²) in [6.07, 6.45) is 5.41. The largest absolute Gasteiger partial charge is 0.497 e. The summed E-state index contributed by atoms with van der Waals surface area (Å²) >= 11 is 1.49. The number of nitrogens with zero attached hydrogens (tertiary/aromatic N) is 1. The Labute approximate surface area is 182 Å². The third-order valence-electron chi connectivity index (χ3n) is 4.68. The predicted molar refractivity (Wildman–Crippen MR) is 122 cm³/mol. The van der Waals surface area contributed by atoms with Crippen molar-refractivity contribution in [3.63, 3.8) is 0 Å². The van der Waals surface area contributed by atoms with Gasteiger partial charge < -0.3 is 14.8 Å². The molecule has 6 heteroatoms. The van der Waals surface area contributed by atoms with Gasteiger partial charge in [-0.05, 0) is 48.4 Å². The van der Waals surface area contributed by atoms with Gasteiger partial charge in [0.05, 0.1) is 18.7 Å². The molecule has 0 radical (unpaired) electrons. The number of ether oxygens (including phenoxy) is 2. The zero-order chi connectivity index (χ0) is 21.2. The summed E-state index contributed by atoms with van der Waals surface area (Å²) in [6, 6.07) is 15.3. The van der Waals surface area contributed by atoms with Gasteiger partial charge >= 0.3 is 0 Å². The number of anilines is 1. The fourth-order valence-electron chi connectivity index (χ4n) is 2.96. The van der Waals surface area contributed by atoms with Crippen LogP contribution < -0.4 is 14.8 Å². The average molecular weight is 425 g/mol. The monoisotopic (exact) mass is 424 g/mol. The first-order valence-electron chi connectivity index (χ1n) is 10.3. The fraction of sp³-hybridized carbons (Fsp3) is 0.333. The van der Waals surface area contributed by atoms with Crippen LogP contribution in [0.1, 0.15) is 53.7 Å². The number of benzene rings is 2. The summed E-state index contributed by atoms with van der Waals surface area (Å²) in [5.74, 6) is 1.44. The molecule has 0 saturated carbocycles. The van der Waals surface area contributed by atoms with E-state index in [2.05, 4.69) is 17.2 Å². The van der Waals surface area contributed by atoms with Crippen LogP contribution in [0.15, 0.2) is 53.9 Å². The minimum atomic E-state index is -0.208. The Hall–Kier alpha value is -2.86. The normalized spacial score (nSPS) is 10.6. The number of amides is 1. The van der Waals surface area contributed by atoms with Gasteiger partial charge in [-0.15, -0.1) is 11.3 Å². The molecule has 0 aliphatic rings. The molecule has 0 bridgehead atoms. The highest BCUT2D eigenvalue weighted by Crippen LogP contribution is 2.20. The standard InChI is InChI=1S/C24H28N2O3S/c1-3-4-5-6-15-29-21-13-9-19(10-14-21)25-24(27)22-17-30-23(26-22)16-18-7-11-20(28-2)12-8-18/h7-14,17H,3-6,15-16H2,1-2H3,(H,25,27). The van der Waals surface area contributed by atoms with Crippen LogP contribution >= 0.6 is 11.3 Å². The fourth-order valence-corrected chi connectivity index (χ4v) is 3.77. The van der Waals surface area contributed by atoms with Gasteiger partial charge in [-0.3, -0.25) is 4.79 Å². The Balaban J connectivity index is 1.49. The van der Waals surface area contributed by atoms with Crippen molar-refractivity contribution in [3.05, 3.63) is 70.2 Å². The number of rotatable bonds is 11. The van der Waals surface area contributed by atoms with Crippen molar-refractivity contribution in [2.75, 3.05) is 19.0 Å². The Bertz CT molecular complexity index is 920. The quantitative estimate of drug-likeness (QED) is 0.386. The molecule has 0 aliphatic heterocycles. The van der Waals surface area contributed by atoms with Crippen LogP contribution in [0.5, 0.6) is 11.5 Å². The van der Waals surface area contributed by atoms with Gasteiger partial charge in [-0.25, -0.2) is 4.98 Å². The first-order valence-corrected chi connectivity index (χ1v) is 11.2. The van der Waals surface area contributed by atoms with Crippen molar-refractivity contribution >= 4 is 22.9 Å². The van der Waals surface area contributed by atoms with Gasteiger partial charge in [0.15, 0.2) is 0 Å². The Morgan fingerprint density at radius 3 is 2.43 bits per heavy atom. The summed E-state index contributed by atoms with van der Waals surface area (Å²) in [4.78, 5) is 17.0. The molecule has 3 aromatic rings.